The molecule has 2 aromatic rings. The Morgan fingerprint density at radius 3 is 2.39 bits per heavy atom. The molecular weight excluding hydrogens is 396 g/mol. The van der Waals surface area contributed by atoms with Crippen molar-refractivity contribution in [3.05, 3.63) is 29.5 Å². The van der Waals surface area contributed by atoms with E-state index >= 15 is 0 Å². The van der Waals surface area contributed by atoms with Crippen molar-refractivity contribution in [2.24, 2.45) is 0 Å². The number of carbonyl (C=O) groups is 2. The number of carbonyl (C=O) groups excluding carboxylic acids is 2. The van der Waals surface area contributed by atoms with Crippen molar-refractivity contribution in [3.63, 3.8) is 0 Å². The van der Waals surface area contributed by atoms with E-state index in [-0.39, 0.29) is 17.9 Å². The molecule has 1 aromatic heterocycles. The Balaban J connectivity index is 1.58. The molecule has 2 heterocycles. The Morgan fingerprint density at radius 1 is 1.13 bits per heavy atom. The van der Waals surface area contributed by atoms with E-state index in [0.717, 1.165) is 42.3 Å². The SMILES string of the molecule is CON(C)C(=O)c1ccc2c(c1)c(C1CCN(C(=O)OC(C)(C)C)CC1)nn2C1CC1. The van der Waals surface area contributed by atoms with E-state index in [4.69, 9.17) is 14.7 Å². The molecule has 2 fully saturated rings. The summed E-state index contributed by atoms with van der Waals surface area (Å²) in [4.78, 5) is 31.9. The van der Waals surface area contributed by atoms with Crippen LogP contribution in [0.5, 0.6) is 0 Å². The topological polar surface area (TPSA) is 76.9 Å². The minimum Gasteiger partial charge on any atom is -0.444 e. The molecular formula is C23H32N4O4. The number of nitrogens with zero attached hydrogens (tertiary/aromatic N) is 4. The first-order chi connectivity index (χ1) is 14.7. The molecule has 0 atom stereocenters. The lowest BCUT2D eigenvalue weighted by atomic mass is 9.91. The lowest BCUT2D eigenvalue weighted by Crippen LogP contribution is -2.41. The molecule has 168 valence electrons. The predicted molar refractivity (Wildman–Crippen MR) is 117 cm³/mol. The number of rotatable bonds is 4. The fraction of sp³-hybridized carbons (Fsp3) is 0.609. The molecule has 1 aliphatic heterocycles. The van der Waals surface area contributed by atoms with Crippen molar-refractivity contribution >= 4 is 22.9 Å². The zero-order chi connectivity index (χ0) is 22.3. The smallest absolute Gasteiger partial charge is 0.410 e. The van der Waals surface area contributed by atoms with Crippen LogP contribution < -0.4 is 0 Å². The van der Waals surface area contributed by atoms with Crippen LogP contribution >= 0.6 is 0 Å². The largest absolute Gasteiger partial charge is 0.444 e. The number of aromatic nitrogens is 2. The van der Waals surface area contributed by atoms with E-state index in [1.165, 1.54) is 12.2 Å². The molecule has 0 N–H and O–H groups in total. The van der Waals surface area contributed by atoms with Crippen molar-refractivity contribution < 1.29 is 19.2 Å². The number of amides is 2. The average molecular weight is 429 g/mol. The molecule has 1 aliphatic carbocycles. The third kappa shape index (κ3) is 4.54. The Kier molecular flexibility index (Phi) is 5.68. The third-order valence-electron chi connectivity index (χ3n) is 5.97. The summed E-state index contributed by atoms with van der Waals surface area (Å²) in [6.45, 7) is 6.93. The Bertz CT molecular complexity index is 981. The van der Waals surface area contributed by atoms with Gasteiger partial charge in [0.1, 0.15) is 5.60 Å². The minimum absolute atomic E-state index is 0.186. The predicted octanol–water partition coefficient (Wildman–Crippen LogP) is 4.12. The van der Waals surface area contributed by atoms with Gasteiger partial charge in [0.15, 0.2) is 0 Å². The molecule has 1 saturated heterocycles. The molecule has 0 radical (unpaired) electrons. The van der Waals surface area contributed by atoms with Crippen LogP contribution in [0, 0.1) is 0 Å². The second kappa shape index (κ2) is 8.15. The molecule has 8 nitrogen and oxygen atoms in total. The summed E-state index contributed by atoms with van der Waals surface area (Å²) in [6, 6.07) is 6.22. The fourth-order valence-electron chi connectivity index (χ4n) is 4.12. The van der Waals surface area contributed by atoms with Gasteiger partial charge < -0.3 is 9.64 Å². The molecule has 0 bridgehead atoms. The Labute approximate surface area is 183 Å². The van der Waals surface area contributed by atoms with E-state index in [1.54, 1.807) is 11.9 Å². The van der Waals surface area contributed by atoms with Crippen molar-refractivity contribution in [1.82, 2.24) is 19.7 Å². The van der Waals surface area contributed by atoms with Gasteiger partial charge in [0, 0.05) is 37.0 Å². The van der Waals surface area contributed by atoms with Gasteiger partial charge in [-0.05, 0) is 64.7 Å². The van der Waals surface area contributed by atoms with Gasteiger partial charge in [-0.3, -0.25) is 14.3 Å². The summed E-state index contributed by atoms with van der Waals surface area (Å²) in [7, 11) is 3.08. The number of benzene rings is 1. The maximum absolute atomic E-state index is 12.6. The molecule has 1 aromatic carbocycles. The summed E-state index contributed by atoms with van der Waals surface area (Å²) in [5, 5.41) is 7.25. The second-order valence-corrected chi connectivity index (χ2v) is 9.52. The van der Waals surface area contributed by atoms with Crippen LogP contribution in [0.15, 0.2) is 18.2 Å². The van der Waals surface area contributed by atoms with Gasteiger partial charge in [0.05, 0.1) is 24.4 Å². The van der Waals surface area contributed by atoms with E-state index in [9.17, 15) is 9.59 Å². The zero-order valence-corrected chi connectivity index (χ0v) is 19.1. The highest BCUT2D eigenvalue weighted by molar-refractivity contribution is 5.98. The molecule has 2 aliphatic rings. The second-order valence-electron chi connectivity index (χ2n) is 9.52. The molecule has 0 unspecified atom stereocenters. The number of ether oxygens (including phenoxy) is 1. The highest BCUT2D eigenvalue weighted by Gasteiger charge is 2.33. The number of piperidine rings is 1. The van der Waals surface area contributed by atoms with Crippen molar-refractivity contribution in [2.75, 3.05) is 27.2 Å². The van der Waals surface area contributed by atoms with Gasteiger partial charge in [-0.1, -0.05) is 0 Å². The van der Waals surface area contributed by atoms with E-state index in [2.05, 4.69) is 4.68 Å². The summed E-state index contributed by atoms with van der Waals surface area (Å²) in [5.41, 5.74) is 2.19. The minimum atomic E-state index is -0.495. The summed E-state index contributed by atoms with van der Waals surface area (Å²) >= 11 is 0. The third-order valence-corrected chi connectivity index (χ3v) is 5.97. The Hall–Kier alpha value is -2.61. The van der Waals surface area contributed by atoms with Crippen LogP contribution in [-0.4, -0.2) is 64.6 Å². The number of hydrogen-bond donors (Lipinski definition) is 0. The van der Waals surface area contributed by atoms with E-state index < -0.39 is 5.60 Å². The first-order valence-corrected chi connectivity index (χ1v) is 11.0. The molecule has 2 amide bonds. The van der Waals surface area contributed by atoms with Crippen LogP contribution in [0.25, 0.3) is 10.9 Å². The van der Waals surface area contributed by atoms with Gasteiger partial charge in [0.2, 0.25) is 0 Å². The molecule has 0 spiro atoms. The normalized spacial score (nSPS) is 17.8. The summed E-state index contributed by atoms with van der Waals surface area (Å²) in [5.74, 6) is 0.0564. The van der Waals surface area contributed by atoms with Gasteiger partial charge >= 0.3 is 6.09 Å². The monoisotopic (exact) mass is 428 g/mol. The van der Waals surface area contributed by atoms with E-state index in [0.29, 0.717) is 24.7 Å². The number of hydrogen-bond acceptors (Lipinski definition) is 5. The van der Waals surface area contributed by atoms with Gasteiger partial charge in [-0.2, -0.15) is 5.10 Å². The lowest BCUT2D eigenvalue weighted by molar-refractivity contribution is -0.0756. The van der Waals surface area contributed by atoms with Gasteiger partial charge in [-0.25, -0.2) is 9.86 Å². The lowest BCUT2D eigenvalue weighted by Gasteiger charge is -2.33. The van der Waals surface area contributed by atoms with Crippen LogP contribution in [0.3, 0.4) is 0 Å². The number of hydroxylamine groups is 2. The van der Waals surface area contributed by atoms with Crippen molar-refractivity contribution in [1.29, 1.82) is 0 Å². The molecule has 8 heteroatoms. The summed E-state index contributed by atoms with van der Waals surface area (Å²) in [6.07, 6.45) is 3.67. The summed E-state index contributed by atoms with van der Waals surface area (Å²) < 4.78 is 7.64. The molecule has 4 rings (SSSR count). The van der Waals surface area contributed by atoms with Crippen LogP contribution in [-0.2, 0) is 9.57 Å². The van der Waals surface area contributed by atoms with E-state index in [1.807, 2.05) is 39.0 Å². The van der Waals surface area contributed by atoms with Crippen LogP contribution in [0.1, 0.15) is 74.5 Å². The van der Waals surface area contributed by atoms with Crippen LogP contribution in [0.2, 0.25) is 0 Å². The Morgan fingerprint density at radius 2 is 1.81 bits per heavy atom. The first kappa shape index (κ1) is 21.6. The van der Waals surface area contributed by atoms with Gasteiger partial charge in [-0.15, -0.1) is 0 Å². The van der Waals surface area contributed by atoms with Crippen molar-refractivity contribution in [2.45, 2.75) is 64.0 Å². The zero-order valence-electron chi connectivity index (χ0n) is 19.1. The fourth-order valence-corrected chi connectivity index (χ4v) is 4.12. The maximum atomic E-state index is 12.6. The molecule has 31 heavy (non-hydrogen) atoms. The van der Waals surface area contributed by atoms with Gasteiger partial charge in [0.25, 0.3) is 5.91 Å². The molecule has 1 saturated carbocycles. The average Bonchev–Trinajstić information content (AvgIpc) is 3.51. The number of likely N-dealkylation sites (tertiary alicyclic amines) is 1. The van der Waals surface area contributed by atoms with Crippen LogP contribution in [0.4, 0.5) is 4.79 Å². The van der Waals surface area contributed by atoms with Crippen molar-refractivity contribution in [3.8, 4) is 0 Å². The number of fused-ring (bicyclic) bond motifs is 1. The maximum Gasteiger partial charge on any atom is 0.410 e. The standard InChI is InChI=1S/C23H32N4O4/c1-23(2,3)31-22(29)26-12-10-15(11-13-26)20-18-14-16(21(28)25(4)30-5)6-9-19(18)27(24-20)17-7-8-17/h6,9,14-15,17H,7-8,10-13H2,1-5H3. The highest BCUT2D eigenvalue weighted by atomic mass is 16.7. The first-order valence-electron chi connectivity index (χ1n) is 11.0. The quantitative estimate of drug-likeness (QED) is 0.685. The highest BCUT2D eigenvalue weighted by Crippen LogP contribution is 2.40.